The van der Waals surface area contributed by atoms with E-state index in [9.17, 15) is 4.79 Å². The highest BCUT2D eigenvalue weighted by Gasteiger charge is 2.55. The molecule has 0 aromatic carbocycles. The number of hydrogen-bond donors (Lipinski definition) is 0. The Hall–Kier alpha value is -0.850. The Labute approximate surface area is 135 Å². The summed E-state index contributed by atoms with van der Waals surface area (Å²) in [5.74, 6) is 2.66. The Balaban J connectivity index is 1.78. The van der Waals surface area contributed by atoms with E-state index in [0.717, 1.165) is 30.5 Å². The molecule has 0 aromatic heterocycles. The predicted octanol–water partition coefficient (Wildman–Crippen LogP) is 5.32. The third-order valence-electron chi connectivity index (χ3n) is 7.97. The lowest BCUT2D eigenvalue weighted by Gasteiger charge is -2.56. The first kappa shape index (κ1) is 14.7. The minimum absolute atomic E-state index is 0.156. The fourth-order valence-electron chi connectivity index (χ4n) is 6.70. The summed E-state index contributed by atoms with van der Waals surface area (Å²) in [4.78, 5) is 11.3. The van der Waals surface area contributed by atoms with Crippen molar-refractivity contribution in [2.75, 3.05) is 0 Å². The van der Waals surface area contributed by atoms with Crippen molar-refractivity contribution in [1.82, 2.24) is 0 Å². The molecule has 0 spiro atoms. The summed E-state index contributed by atoms with van der Waals surface area (Å²) in [7, 11) is 0. The van der Waals surface area contributed by atoms with Crippen LogP contribution in [-0.4, -0.2) is 6.29 Å². The predicted molar refractivity (Wildman–Crippen MR) is 90.4 cm³/mol. The van der Waals surface area contributed by atoms with E-state index >= 15 is 0 Å². The largest absolute Gasteiger partial charge is 0.303 e. The van der Waals surface area contributed by atoms with Crippen LogP contribution in [0, 0.1) is 34.5 Å². The van der Waals surface area contributed by atoms with E-state index in [1.54, 1.807) is 0 Å². The highest BCUT2D eigenvalue weighted by Crippen LogP contribution is 2.64. The lowest BCUT2D eigenvalue weighted by Crippen LogP contribution is -2.48. The van der Waals surface area contributed by atoms with Crippen molar-refractivity contribution in [3.05, 3.63) is 23.3 Å². The second-order valence-electron chi connectivity index (χ2n) is 9.06. The van der Waals surface area contributed by atoms with E-state index in [4.69, 9.17) is 0 Å². The Morgan fingerprint density at radius 1 is 1.05 bits per heavy atom. The molecule has 22 heavy (non-hydrogen) atoms. The van der Waals surface area contributed by atoms with Crippen LogP contribution >= 0.6 is 0 Å². The zero-order valence-electron chi connectivity index (χ0n) is 14.4. The Morgan fingerprint density at radius 3 is 2.64 bits per heavy atom. The highest BCUT2D eigenvalue weighted by atomic mass is 16.1. The molecule has 0 N–H and O–H groups in total. The third-order valence-corrected chi connectivity index (χ3v) is 7.97. The molecule has 0 aliphatic heterocycles. The van der Waals surface area contributed by atoms with E-state index in [0.29, 0.717) is 10.8 Å². The van der Waals surface area contributed by atoms with Crippen LogP contribution < -0.4 is 0 Å². The smallest absolute Gasteiger partial charge is 0.126 e. The van der Waals surface area contributed by atoms with Crippen LogP contribution in [0.5, 0.6) is 0 Å². The molecule has 0 bridgehead atoms. The van der Waals surface area contributed by atoms with Crippen LogP contribution in [0.15, 0.2) is 23.3 Å². The number of rotatable bonds is 1. The van der Waals surface area contributed by atoms with Gasteiger partial charge in [0, 0.05) is 5.92 Å². The van der Waals surface area contributed by atoms with Crippen molar-refractivity contribution < 1.29 is 4.79 Å². The zero-order valence-corrected chi connectivity index (χ0v) is 14.4. The molecule has 0 aromatic rings. The molecule has 1 unspecified atom stereocenters. The van der Waals surface area contributed by atoms with Crippen LogP contribution in [0.4, 0.5) is 0 Å². The molecule has 1 nitrogen and oxygen atoms in total. The van der Waals surface area contributed by atoms with Gasteiger partial charge in [0.15, 0.2) is 0 Å². The quantitative estimate of drug-likeness (QED) is 0.599. The molecule has 2 fully saturated rings. The zero-order chi connectivity index (χ0) is 15.5. The van der Waals surface area contributed by atoms with E-state index in [1.165, 1.54) is 49.7 Å². The van der Waals surface area contributed by atoms with Gasteiger partial charge in [-0.3, -0.25) is 0 Å². The summed E-state index contributed by atoms with van der Waals surface area (Å²) >= 11 is 0. The second kappa shape index (κ2) is 4.82. The maximum Gasteiger partial charge on any atom is 0.126 e. The minimum Gasteiger partial charge on any atom is -0.303 e. The summed E-state index contributed by atoms with van der Waals surface area (Å²) < 4.78 is 0. The molecule has 120 valence electrons. The van der Waals surface area contributed by atoms with Gasteiger partial charge in [-0.25, -0.2) is 0 Å². The SMILES string of the molecule is CC1=C[C@H]2[C@@H]3CCC[C@@]3(C)CC[C@@H]2[C@@]2(C)CCC(C=O)C=C12. The molecular weight excluding hydrogens is 268 g/mol. The van der Waals surface area contributed by atoms with Crippen molar-refractivity contribution >= 4 is 6.29 Å². The minimum atomic E-state index is 0.156. The van der Waals surface area contributed by atoms with Gasteiger partial charge in [0.05, 0.1) is 0 Å². The van der Waals surface area contributed by atoms with Crippen LogP contribution in [0.3, 0.4) is 0 Å². The molecule has 4 aliphatic carbocycles. The van der Waals surface area contributed by atoms with Crippen LogP contribution in [0.1, 0.15) is 65.7 Å². The topological polar surface area (TPSA) is 17.1 Å². The number of carbonyl (C=O) groups is 1. The molecule has 4 rings (SSSR count). The maximum absolute atomic E-state index is 11.3. The molecule has 0 heterocycles. The monoisotopic (exact) mass is 298 g/mol. The van der Waals surface area contributed by atoms with Gasteiger partial charge in [-0.15, -0.1) is 0 Å². The Morgan fingerprint density at radius 2 is 1.86 bits per heavy atom. The first-order chi connectivity index (χ1) is 10.5. The van der Waals surface area contributed by atoms with Crippen LogP contribution in [0.25, 0.3) is 0 Å². The number of carbonyl (C=O) groups excluding carboxylic acids is 1. The van der Waals surface area contributed by atoms with E-state index in [2.05, 4.69) is 32.9 Å². The number of hydrogen-bond acceptors (Lipinski definition) is 1. The van der Waals surface area contributed by atoms with Crippen molar-refractivity contribution in [1.29, 1.82) is 0 Å². The van der Waals surface area contributed by atoms with Crippen molar-refractivity contribution in [3.63, 3.8) is 0 Å². The first-order valence-electron chi connectivity index (χ1n) is 9.34. The fraction of sp³-hybridized carbons (Fsp3) is 0.762. The molecule has 0 radical (unpaired) electrons. The second-order valence-corrected chi connectivity index (χ2v) is 9.06. The summed E-state index contributed by atoms with van der Waals surface area (Å²) in [6.45, 7) is 7.36. The maximum atomic E-state index is 11.3. The molecule has 2 saturated carbocycles. The van der Waals surface area contributed by atoms with Crippen molar-refractivity contribution in [2.45, 2.75) is 65.7 Å². The first-order valence-corrected chi connectivity index (χ1v) is 9.34. The van der Waals surface area contributed by atoms with Gasteiger partial charge in [-0.1, -0.05) is 38.0 Å². The molecule has 4 aliphatic rings. The van der Waals surface area contributed by atoms with Crippen LogP contribution in [0.2, 0.25) is 0 Å². The lowest BCUT2D eigenvalue weighted by molar-refractivity contribution is -0.110. The van der Waals surface area contributed by atoms with Gasteiger partial charge in [0.25, 0.3) is 0 Å². The van der Waals surface area contributed by atoms with Gasteiger partial charge in [-0.2, -0.15) is 0 Å². The van der Waals surface area contributed by atoms with Crippen molar-refractivity contribution in [2.24, 2.45) is 34.5 Å². The van der Waals surface area contributed by atoms with Gasteiger partial charge >= 0.3 is 0 Å². The summed E-state index contributed by atoms with van der Waals surface area (Å²) in [6, 6.07) is 0. The third kappa shape index (κ3) is 1.87. The van der Waals surface area contributed by atoms with Gasteiger partial charge in [0.1, 0.15) is 6.29 Å². The summed E-state index contributed by atoms with van der Waals surface area (Å²) in [5, 5.41) is 0. The summed E-state index contributed by atoms with van der Waals surface area (Å²) in [5.41, 5.74) is 3.92. The fourth-order valence-corrected chi connectivity index (χ4v) is 6.70. The standard InChI is InChI=1S/C21H30O/c1-14-11-16-17-5-4-8-20(17,2)9-7-18(16)21(3)10-6-15(13-22)12-19(14)21/h11-13,15-18H,4-10H2,1-3H3/t15?,16-,17-,18-,20-,21+/m0/s1. The molecular formula is C21H30O. The number of aldehydes is 1. The van der Waals surface area contributed by atoms with Gasteiger partial charge in [0.2, 0.25) is 0 Å². The molecule has 1 heteroatoms. The van der Waals surface area contributed by atoms with Crippen molar-refractivity contribution in [3.8, 4) is 0 Å². The highest BCUT2D eigenvalue weighted by molar-refractivity contribution is 5.59. The Kier molecular flexibility index (Phi) is 3.23. The average molecular weight is 298 g/mol. The van der Waals surface area contributed by atoms with Crippen LogP contribution in [-0.2, 0) is 4.79 Å². The van der Waals surface area contributed by atoms with Gasteiger partial charge in [-0.05, 0) is 79.6 Å². The average Bonchev–Trinajstić information content (AvgIpc) is 2.89. The number of fused-ring (bicyclic) bond motifs is 5. The van der Waals surface area contributed by atoms with E-state index < -0.39 is 0 Å². The van der Waals surface area contributed by atoms with E-state index in [-0.39, 0.29) is 5.92 Å². The molecule has 6 atom stereocenters. The van der Waals surface area contributed by atoms with Gasteiger partial charge < -0.3 is 4.79 Å². The number of allylic oxidation sites excluding steroid dienone is 4. The van der Waals surface area contributed by atoms with E-state index in [1.807, 2.05) is 0 Å². The normalized spacial score (nSPS) is 50.3. The molecule has 0 saturated heterocycles. The molecule has 0 amide bonds. The lowest BCUT2D eigenvalue weighted by atomic mass is 9.48. The summed E-state index contributed by atoms with van der Waals surface area (Å²) in [6.07, 6.45) is 15.5. The Bertz CT molecular complexity index is 556.